The molecule has 116 valence electrons. The molecule has 0 radical (unpaired) electrons. The first-order valence-corrected chi connectivity index (χ1v) is 7.77. The normalized spacial score (nSPS) is 19.0. The predicted molar refractivity (Wildman–Crippen MR) is 84.8 cm³/mol. The summed E-state index contributed by atoms with van der Waals surface area (Å²) in [7, 11) is 3.80. The molecule has 1 amide bonds. The molecule has 1 saturated heterocycles. The zero-order valence-electron chi connectivity index (χ0n) is 13.8. The van der Waals surface area contributed by atoms with Gasteiger partial charge in [0.15, 0.2) is 0 Å². The van der Waals surface area contributed by atoms with E-state index < -0.39 is 0 Å². The van der Waals surface area contributed by atoms with Crippen LogP contribution in [0.2, 0.25) is 0 Å². The molecule has 0 N–H and O–H groups in total. The van der Waals surface area contributed by atoms with E-state index in [-0.39, 0.29) is 11.8 Å². The molecule has 1 aliphatic heterocycles. The lowest BCUT2D eigenvalue weighted by Crippen LogP contribution is -2.42. The van der Waals surface area contributed by atoms with Crippen LogP contribution in [-0.4, -0.2) is 47.5 Å². The molecule has 1 aliphatic rings. The first kappa shape index (κ1) is 15.7. The Morgan fingerprint density at radius 2 is 2.05 bits per heavy atom. The van der Waals surface area contributed by atoms with Gasteiger partial charge in [0.2, 0.25) is 5.95 Å². The van der Waals surface area contributed by atoms with Crippen molar-refractivity contribution in [3.63, 3.8) is 0 Å². The van der Waals surface area contributed by atoms with Crippen LogP contribution >= 0.6 is 0 Å². The van der Waals surface area contributed by atoms with Crippen LogP contribution in [0.5, 0.6) is 0 Å². The smallest absolute Gasteiger partial charge is 0.272 e. The number of carbonyl (C=O) groups is 1. The first-order chi connectivity index (χ1) is 9.90. The van der Waals surface area contributed by atoms with Crippen LogP contribution in [0.1, 0.15) is 62.1 Å². The van der Waals surface area contributed by atoms with Crippen LogP contribution < -0.4 is 4.90 Å². The molecule has 5 nitrogen and oxygen atoms in total. The molecule has 5 heteroatoms. The summed E-state index contributed by atoms with van der Waals surface area (Å²) >= 11 is 0. The van der Waals surface area contributed by atoms with Crippen molar-refractivity contribution in [1.29, 1.82) is 0 Å². The van der Waals surface area contributed by atoms with E-state index in [4.69, 9.17) is 0 Å². The Hall–Kier alpha value is -1.65. The van der Waals surface area contributed by atoms with Crippen LogP contribution in [0.4, 0.5) is 5.95 Å². The van der Waals surface area contributed by atoms with Gasteiger partial charge >= 0.3 is 0 Å². The number of rotatable bonds is 3. The molecule has 1 aromatic rings. The van der Waals surface area contributed by atoms with Gasteiger partial charge in [-0.05, 0) is 38.2 Å². The molecule has 2 rings (SSSR count). The van der Waals surface area contributed by atoms with Gasteiger partial charge in [-0.2, -0.15) is 0 Å². The lowest BCUT2D eigenvalue weighted by molar-refractivity contribution is 0.0629. The topological polar surface area (TPSA) is 49.3 Å². The molecule has 0 bridgehead atoms. The van der Waals surface area contributed by atoms with Gasteiger partial charge in [-0.1, -0.05) is 13.8 Å². The van der Waals surface area contributed by atoms with Crippen molar-refractivity contribution in [1.82, 2.24) is 14.9 Å². The second-order valence-corrected chi connectivity index (χ2v) is 6.37. The Morgan fingerprint density at radius 1 is 1.33 bits per heavy atom. The van der Waals surface area contributed by atoms with Gasteiger partial charge in [0.25, 0.3) is 5.91 Å². The third kappa shape index (κ3) is 3.52. The van der Waals surface area contributed by atoms with Gasteiger partial charge in [-0.15, -0.1) is 0 Å². The third-order valence-corrected chi connectivity index (χ3v) is 4.01. The van der Waals surface area contributed by atoms with E-state index in [1.54, 1.807) is 0 Å². The number of anilines is 1. The minimum absolute atomic E-state index is 0.0367. The maximum Gasteiger partial charge on any atom is 0.272 e. The van der Waals surface area contributed by atoms with Crippen LogP contribution in [0.15, 0.2) is 6.07 Å². The number of carbonyl (C=O) groups excluding carboxylic acids is 1. The van der Waals surface area contributed by atoms with E-state index in [1.807, 2.05) is 30.0 Å². The maximum atomic E-state index is 12.8. The second-order valence-electron chi connectivity index (χ2n) is 6.37. The minimum Gasteiger partial charge on any atom is -0.347 e. The first-order valence-electron chi connectivity index (χ1n) is 7.77. The number of aromatic nitrogens is 2. The summed E-state index contributed by atoms with van der Waals surface area (Å²) in [6, 6.07) is 2.15. The quantitative estimate of drug-likeness (QED) is 0.859. The molecule has 1 aromatic heterocycles. The summed E-state index contributed by atoms with van der Waals surface area (Å²) in [5.74, 6) is 0.917. The minimum atomic E-state index is 0.0367. The van der Waals surface area contributed by atoms with Gasteiger partial charge in [0.1, 0.15) is 5.69 Å². The Balaban J connectivity index is 2.35. The fourth-order valence-corrected chi connectivity index (χ4v) is 2.61. The summed E-state index contributed by atoms with van der Waals surface area (Å²) in [6.45, 7) is 7.12. The zero-order chi connectivity index (χ0) is 15.6. The largest absolute Gasteiger partial charge is 0.347 e. The van der Waals surface area contributed by atoms with E-state index in [0.29, 0.717) is 17.7 Å². The second kappa shape index (κ2) is 6.41. The van der Waals surface area contributed by atoms with E-state index >= 15 is 0 Å². The number of piperidine rings is 1. The van der Waals surface area contributed by atoms with Gasteiger partial charge in [-0.3, -0.25) is 4.79 Å². The summed E-state index contributed by atoms with van der Waals surface area (Å²) < 4.78 is 0. The molecule has 2 heterocycles. The van der Waals surface area contributed by atoms with Gasteiger partial charge in [0, 0.05) is 32.4 Å². The summed E-state index contributed by atoms with van der Waals surface area (Å²) in [5, 5.41) is 0. The number of amides is 1. The number of nitrogens with zero attached hydrogens (tertiary/aromatic N) is 4. The van der Waals surface area contributed by atoms with Crippen LogP contribution in [0, 0.1) is 0 Å². The van der Waals surface area contributed by atoms with Crippen LogP contribution in [-0.2, 0) is 0 Å². The number of hydrogen-bond acceptors (Lipinski definition) is 4. The summed E-state index contributed by atoms with van der Waals surface area (Å²) in [4.78, 5) is 25.6. The molecule has 0 spiro atoms. The maximum absolute atomic E-state index is 12.8. The molecular weight excluding hydrogens is 264 g/mol. The van der Waals surface area contributed by atoms with Crippen molar-refractivity contribution < 1.29 is 4.79 Å². The van der Waals surface area contributed by atoms with E-state index in [9.17, 15) is 4.79 Å². The fraction of sp³-hybridized carbons (Fsp3) is 0.688. The van der Waals surface area contributed by atoms with E-state index in [0.717, 1.165) is 25.1 Å². The summed E-state index contributed by atoms with van der Waals surface area (Å²) in [5.41, 5.74) is 1.44. The number of likely N-dealkylation sites (tertiary alicyclic amines) is 1. The average Bonchev–Trinajstić information content (AvgIpc) is 2.46. The van der Waals surface area contributed by atoms with E-state index in [1.165, 1.54) is 6.42 Å². The lowest BCUT2D eigenvalue weighted by atomic mass is 10.0. The van der Waals surface area contributed by atoms with Crippen molar-refractivity contribution >= 4 is 11.9 Å². The molecule has 0 unspecified atom stereocenters. The monoisotopic (exact) mass is 290 g/mol. The Labute approximate surface area is 127 Å². The zero-order valence-corrected chi connectivity index (χ0v) is 13.8. The van der Waals surface area contributed by atoms with E-state index in [2.05, 4.69) is 30.7 Å². The van der Waals surface area contributed by atoms with Crippen LogP contribution in [0.3, 0.4) is 0 Å². The van der Waals surface area contributed by atoms with Crippen molar-refractivity contribution in [3.8, 4) is 0 Å². The predicted octanol–water partition coefficient (Wildman–Crippen LogP) is 2.68. The Kier molecular flexibility index (Phi) is 4.80. The Morgan fingerprint density at radius 3 is 2.62 bits per heavy atom. The average molecular weight is 290 g/mol. The molecule has 0 saturated carbocycles. The lowest BCUT2D eigenvalue weighted by Gasteiger charge is -2.33. The van der Waals surface area contributed by atoms with Crippen molar-refractivity contribution in [2.24, 2.45) is 0 Å². The highest BCUT2D eigenvalue weighted by Crippen LogP contribution is 2.21. The highest BCUT2D eigenvalue weighted by molar-refractivity contribution is 5.93. The third-order valence-electron chi connectivity index (χ3n) is 4.01. The molecule has 0 aromatic carbocycles. The highest BCUT2D eigenvalue weighted by Gasteiger charge is 2.26. The van der Waals surface area contributed by atoms with Gasteiger partial charge in [0.05, 0.1) is 0 Å². The number of hydrogen-bond donors (Lipinski definition) is 0. The molecule has 1 atom stereocenters. The Bertz CT molecular complexity index is 487. The highest BCUT2D eigenvalue weighted by atomic mass is 16.2. The van der Waals surface area contributed by atoms with Crippen molar-refractivity contribution in [2.45, 2.75) is 52.0 Å². The molecule has 1 fully saturated rings. The van der Waals surface area contributed by atoms with Gasteiger partial charge in [-0.25, -0.2) is 9.97 Å². The SMILES string of the molecule is CC(C)c1cc(C(=O)N2CCCC[C@@H]2C)nc(N(C)C)n1. The van der Waals surface area contributed by atoms with Crippen molar-refractivity contribution in [3.05, 3.63) is 17.5 Å². The van der Waals surface area contributed by atoms with Crippen LogP contribution in [0.25, 0.3) is 0 Å². The summed E-state index contributed by atoms with van der Waals surface area (Å²) in [6.07, 6.45) is 3.36. The molecular formula is C16H26N4O. The fourth-order valence-electron chi connectivity index (χ4n) is 2.61. The molecule has 0 aliphatic carbocycles. The van der Waals surface area contributed by atoms with Crippen molar-refractivity contribution in [2.75, 3.05) is 25.5 Å². The van der Waals surface area contributed by atoms with Gasteiger partial charge < -0.3 is 9.80 Å². The molecule has 21 heavy (non-hydrogen) atoms. The standard InChI is InChI=1S/C16H26N4O/c1-11(2)13-10-14(18-16(17-13)19(4)5)15(21)20-9-7-6-8-12(20)3/h10-12H,6-9H2,1-5H3/t12-/m0/s1.